The van der Waals surface area contributed by atoms with Gasteiger partial charge in [-0.15, -0.1) is 0 Å². The summed E-state index contributed by atoms with van der Waals surface area (Å²) in [4.78, 5) is 17.2. The van der Waals surface area contributed by atoms with Gasteiger partial charge in [-0.25, -0.2) is 0 Å². The lowest BCUT2D eigenvalue weighted by molar-refractivity contribution is 0.0931. The van der Waals surface area contributed by atoms with Gasteiger partial charge in [0.25, 0.3) is 5.91 Å². The molecule has 0 aliphatic carbocycles. The molecule has 26 heavy (non-hydrogen) atoms. The molecule has 1 heterocycles. The molecule has 138 valence electrons. The Bertz CT molecular complexity index is 697. The van der Waals surface area contributed by atoms with Gasteiger partial charge in [-0.3, -0.25) is 14.6 Å². The molecule has 0 bridgehead atoms. The van der Waals surface area contributed by atoms with Crippen LogP contribution in [0.1, 0.15) is 15.9 Å². The largest absolute Gasteiger partial charge is 0.496 e. The molecule has 0 radical (unpaired) electrons. The van der Waals surface area contributed by atoms with E-state index in [0.29, 0.717) is 17.9 Å². The third-order valence-corrected chi connectivity index (χ3v) is 4.78. The van der Waals surface area contributed by atoms with Gasteiger partial charge >= 0.3 is 0 Å². The van der Waals surface area contributed by atoms with Crippen molar-refractivity contribution >= 4 is 5.91 Å². The standard InChI is InChI=1S/C21H27N3O2/c1-26-20-10-6-5-9-19(20)21(25)22-11-12-23-13-15-24(16-14-23)17-18-7-3-2-4-8-18/h2-10H,11-17H2,1H3,(H,22,25). The fourth-order valence-electron chi connectivity index (χ4n) is 3.27. The van der Waals surface area contributed by atoms with Gasteiger partial charge in [-0.2, -0.15) is 0 Å². The first kappa shape index (κ1) is 18.4. The van der Waals surface area contributed by atoms with Crippen LogP contribution < -0.4 is 10.1 Å². The fourth-order valence-corrected chi connectivity index (χ4v) is 3.27. The molecule has 0 aromatic heterocycles. The van der Waals surface area contributed by atoms with Crippen molar-refractivity contribution in [2.75, 3.05) is 46.4 Å². The molecule has 0 atom stereocenters. The van der Waals surface area contributed by atoms with E-state index in [2.05, 4.69) is 45.4 Å². The van der Waals surface area contributed by atoms with E-state index < -0.39 is 0 Å². The van der Waals surface area contributed by atoms with Crippen molar-refractivity contribution in [2.24, 2.45) is 0 Å². The van der Waals surface area contributed by atoms with Gasteiger partial charge in [-0.1, -0.05) is 42.5 Å². The number of rotatable bonds is 7. The van der Waals surface area contributed by atoms with Crippen LogP contribution in [0.2, 0.25) is 0 Å². The molecule has 1 aliphatic rings. The minimum absolute atomic E-state index is 0.0786. The lowest BCUT2D eigenvalue weighted by Gasteiger charge is -2.34. The topological polar surface area (TPSA) is 44.8 Å². The first-order valence-corrected chi connectivity index (χ1v) is 9.16. The van der Waals surface area contributed by atoms with Crippen LogP contribution in [0.5, 0.6) is 5.75 Å². The van der Waals surface area contributed by atoms with E-state index in [0.717, 1.165) is 39.3 Å². The van der Waals surface area contributed by atoms with Gasteiger partial charge in [0.1, 0.15) is 5.75 Å². The predicted molar refractivity (Wildman–Crippen MR) is 103 cm³/mol. The molecular formula is C21H27N3O2. The summed E-state index contributed by atoms with van der Waals surface area (Å²) >= 11 is 0. The average Bonchev–Trinajstić information content (AvgIpc) is 2.70. The summed E-state index contributed by atoms with van der Waals surface area (Å²) in [6.07, 6.45) is 0. The summed E-state index contributed by atoms with van der Waals surface area (Å²) < 4.78 is 5.25. The van der Waals surface area contributed by atoms with E-state index in [4.69, 9.17) is 4.74 Å². The van der Waals surface area contributed by atoms with Crippen LogP contribution in [0.3, 0.4) is 0 Å². The maximum absolute atomic E-state index is 12.3. The lowest BCUT2D eigenvalue weighted by atomic mass is 10.2. The van der Waals surface area contributed by atoms with Crippen LogP contribution in [-0.4, -0.2) is 62.1 Å². The van der Waals surface area contributed by atoms with Crippen LogP contribution in [0.4, 0.5) is 0 Å². The predicted octanol–water partition coefficient (Wildman–Crippen LogP) is 2.24. The molecule has 5 nitrogen and oxygen atoms in total. The molecule has 0 saturated carbocycles. The highest BCUT2D eigenvalue weighted by molar-refractivity contribution is 5.96. The van der Waals surface area contributed by atoms with Crippen molar-refractivity contribution in [2.45, 2.75) is 6.54 Å². The summed E-state index contributed by atoms with van der Waals surface area (Å²) in [6.45, 7) is 6.74. The van der Waals surface area contributed by atoms with Crippen molar-refractivity contribution < 1.29 is 9.53 Å². The van der Waals surface area contributed by atoms with Crippen LogP contribution in [0.25, 0.3) is 0 Å². The zero-order valence-corrected chi connectivity index (χ0v) is 15.4. The minimum atomic E-state index is -0.0786. The first-order valence-electron chi connectivity index (χ1n) is 9.16. The Balaban J connectivity index is 1.38. The highest BCUT2D eigenvalue weighted by Crippen LogP contribution is 2.16. The Morgan fingerprint density at radius 3 is 2.35 bits per heavy atom. The molecule has 1 amide bonds. The number of piperazine rings is 1. The number of benzene rings is 2. The Labute approximate surface area is 155 Å². The number of amides is 1. The zero-order valence-electron chi connectivity index (χ0n) is 15.4. The molecular weight excluding hydrogens is 326 g/mol. The number of nitrogens with zero attached hydrogens (tertiary/aromatic N) is 2. The van der Waals surface area contributed by atoms with Gasteiger partial charge in [0.15, 0.2) is 0 Å². The molecule has 0 spiro atoms. The van der Waals surface area contributed by atoms with Gasteiger partial charge in [0.05, 0.1) is 12.7 Å². The van der Waals surface area contributed by atoms with E-state index in [1.807, 2.05) is 12.1 Å². The van der Waals surface area contributed by atoms with Crippen LogP contribution >= 0.6 is 0 Å². The number of ether oxygens (including phenoxy) is 1. The molecule has 1 N–H and O–H groups in total. The molecule has 1 fully saturated rings. The van der Waals surface area contributed by atoms with Crippen LogP contribution in [0.15, 0.2) is 54.6 Å². The summed E-state index contributed by atoms with van der Waals surface area (Å²) in [5, 5.41) is 3.00. The molecule has 3 rings (SSSR count). The molecule has 0 unspecified atom stereocenters. The van der Waals surface area contributed by atoms with Crippen molar-refractivity contribution in [1.29, 1.82) is 0 Å². The van der Waals surface area contributed by atoms with E-state index >= 15 is 0 Å². The second-order valence-corrected chi connectivity index (χ2v) is 6.56. The number of methoxy groups -OCH3 is 1. The van der Waals surface area contributed by atoms with E-state index in [1.54, 1.807) is 19.2 Å². The number of nitrogens with one attached hydrogen (secondary N) is 1. The second-order valence-electron chi connectivity index (χ2n) is 6.56. The summed E-state index contributed by atoms with van der Waals surface area (Å²) in [5.74, 6) is 0.532. The number of para-hydroxylation sites is 1. The number of carbonyl (C=O) groups is 1. The minimum Gasteiger partial charge on any atom is -0.496 e. The van der Waals surface area contributed by atoms with Gasteiger partial charge in [-0.05, 0) is 17.7 Å². The maximum Gasteiger partial charge on any atom is 0.255 e. The smallest absolute Gasteiger partial charge is 0.255 e. The molecule has 5 heteroatoms. The Morgan fingerprint density at radius 1 is 0.962 bits per heavy atom. The third-order valence-electron chi connectivity index (χ3n) is 4.78. The van der Waals surface area contributed by atoms with Crippen LogP contribution in [-0.2, 0) is 6.54 Å². The van der Waals surface area contributed by atoms with Gasteiger partial charge in [0, 0.05) is 45.8 Å². The normalized spacial score (nSPS) is 15.6. The quantitative estimate of drug-likeness (QED) is 0.829. The van der Waals surface area contributed by atoms with Crippen LogP contribution in [0, 0.1) is 0 Å². The SMILES string of the molecule is COc1ccccc1C(=O)NCCN1CCN(Cc2ccccc2)CC1. The zero-order chi connectivity index (χ0) is 18.2. The summed E-state index contributed by atoms with van der Waals surface area (Å²) in [7, 11) is 1.58. The molecule has 2 aromatic rings. The van der Waals surface area contributed by atoms with E-state index in [-0.39, 0.29) is 5.91 Å². The highest BCUT2D eigenvalue weighted by Gasteiger charge is 2.17. The monoisotopic (exact) mass is 353 g/mol. The number of hydrogen-bond acceptors (Lipinski definition) is 4. The second kappa shape index (κ2) is 9.36. The van der Waals surface area contributed by atoms with Crippen molar-refractivity contribution in [3.8, 4) is 5.75 Å². The average molecular weight is 353 g/mol. The number of carbonyl (C=O) groups excluding carboxylic acids is 1. The highest BCUT2D eigenvalue weighted by atomic mass is 16.5. The third kappa shape index (κ3) is 5.07. The van der Waals surface area contributed by atoms with Crippen molar-refractivity contribution in [1.82, 2.24) is 15.1 Å². The van der Waals surface area contributed by atoms with Crippen molar-refractivity contribution in [3.05, 3.63) is 65.7 Å². The Kier molecular flexibility index (Phi) is 6.63. The maximum atomic E-state index is 12.3. The molecule has 2 aromatic carbocycles. The van der Waals surface area contributed by atoms with E-state index in [1.165, 1.54) is 5.56 Å². The molecule has 1 aliphatic heterocycles. The first-order chi connectivity index (χ1) is 12.8. The summed E-state index contributed by atoms with van der Waals surface area (Å²) in [5.41, 5.74) is 1.95. The summed E-state index contributed by atoms with van der Waals surface area (Å²) in [6, 6.07) is 17.9. The lowest BCUT2D eigenvalue weighted by Crippen LogP contribution is -2.48. The fraction of sp³-hybridized carbons (Fsp3) is 0.381. The molecule has 1 saturated heterocycles. The Hall–Kier alpha value is -2.37. The van der Waals surface area contributed by atoms with Gasteiger partial charge < -0.3 is 10.1 Å². The number of hydrogen-bond donors (Lipinski definition) is 1. The van der Waals surface area contributed by atoms with E-state index in [9.17, 15) is 4.79 Å². The van der Waals surface area contributed by atoms with Crippen molar-refractivity contribution in [3.63, 3.8) is 0 Å². The van der Waals surface area contributed by atoms with Gasteiger partial charge in [0.2, 0.25) is 0 Å². The Morgan fingerprint density at radius 2 is 1.62 bits per heavy atom.